The van der Waals surface area contributed by atoms with Crippen molar-refractivity contribution in [1.29, 1.82) is 0 Å². The first-order valence-electron chi connectivity index (χ1n) is 7.31. The van der Waals surface area contributed by atoms with Crippen LogP contribution in [0, 0.1) is 0 Å². The van der Waals surface area contributed by atoms with Crippen molar-refractivity contribution in [2.75, 3.05) is 13.7 Å². The SMILES string of the molecule is CCC1CCCCN1S(=O)(=O)c1ccc(Br)c(C(=O)OC)c1. The average Bonchev–Trinajstić information content (AvgIpc) is 2.54. The van der Waals surface area contributed by atoms with E-state index in [4.69, 9.17) is 4.74 Å². The number of rotatable bonds is 4. The van der Waals surface area contributed by atoms with Gasteiger partial charge in [0.1, 0.15) is 0 Å². The largest absolute Gasteiger partial charge is 0.465 e. The number of halogens is 1. The lowest BCUT2D eigenvalue weighted by Crippen LogP contribution is -2.43. The van der Waals surface area contributed by atoms with E-state index in [-0.39, 0.29) is 16.5 Å². The number of methoxy groups -OCH3 is 1. The normalized spacial score (nSPS) is 19.9. The van der Waals surface area contributed by atoms with E-state index in [1.54, 1.807) is 10.4 Å². The van der Waals surface area contributed by atoms with E-state index >= 15 is 0 Å². The Morgan fingerprint density at radius 1 is 1.41 bits per heavy atom. The predicted octanol–water partition coefficient (Wildman–Crippen LogP) is 3.19. The lowest BCUT2D eigenvalue weighted by molar-refractivity contribution is 0.0599. The van der Waals surface area contributed by atoms with Gasteiger partial charge in [-0.25, -0.2) is 13.2 Å². The van der Waals surface area contributed by atoms with E-state index < -0.39 is 16.0 Å². The Bertz CT molecular complexity index is 660. The summed E-state index contributed by atoms with van der Waals surface area (Å²) in [4.78, 5) is 11.9. The molecule has 1 atom stereocenters. The first kappa shape index (κ1) is 17.4. The lowest BCUT2D eigenvalue weighted by Gasteiger charge is -2.34. The smallest absolute Gasteiger partial charge is 0.339 e. The molecule has 0 spiro atoms. The molecule has 1 aromatic carbocycles. The van der Waals surface area contributed by atoms with E-state index in [1.165, 1.54) is 19.2 Å². The zero-order valence-electron chi connectivity index (χ0n) is 12.7. The Labute approximate surface area is 139 Å². The molecule has 0 amide bonds. The summed E-state index contributed by atoms with van der Waals surface area (Å²) in [5, 5.41) is 0. The summed E-state index contributed by atoms with van der Waals surface area (Å²) >= 11 is 3.25. The molecule has 1 aliphatic heterocycles. The van der Waals surface area contributed by atoms with Gasteiger partial charge in [0.15, 0.2) is 0 Å². The molecule has 1 saturated heterocycles. The van der Waals surface area contributed by atoms with Gasteiger partial charge in [0.25, 0.3) is 0 Å². The number of carbonyl (C=O) groups excluding carboxylic acids is 1. The van der Waals surface area contributed by atoms with Crippen molar-refractivity contribution in [2.24, 2.45) is 0 Å². The number of hydrogen-bond donors (Lipinski definition) is 0. The summed E-state index contributed by atoms with van der Waals surface area (Å²) in [5.74, 6) is -0.561. The summed E-state index contributed by atoms with van der Waals surface area (Å²) in [6.45, 7) is 2.53. The molecule has 1 aliphatic rings. The van der Waals surface area contributed by atoms with E-state index in [2.05, 4.69) is 15.9 Å². The van der Waals surface area contributed by atoms with Crippen molar-refractivity contribution in [3.8, 4) is 0 Å². The van der Waals surface area contributed by atoms with Gasteiger partial charge in [-0.15, -0.1) is 0 Å². The van der Waals surface area contributed by atoms with Gasteiger partial charge in [-0.05, 0) is 53.4 Å². The maximum atomic E-state index is 12.9. The van der Waals surface area contributed by atoms with Crippen LogP contribution in [-0.2, 0) is 14.8 Å². The minimum atomic E-state index is -3.60. The molecule has 22 heavy (non-hydrogen) atoms. The highest BCUT2D eigenvalue weighted by Gasteiger charge is 2.33. The molecule has 0 radical (unpaired) electrons. The average molecular weight is 390 g/mol. The van der Waals surface area contributed by atoms with Crippen LogP contribution < -0.4 is 0 Å². The van der Waals surface area contributed by atoms with Crippen LogP contribution in [0.5, 0.6) is 0 Å². The number of nitrogens with zero attached hydrogens (tertiary/aromatic N) is 1. The molecule has 0 aromatic heterocycles. The van der Waals surface area contributed by atoms with Crippen LogP contribution in [0.3, 0.4) is 0 Å². The Balaban J connectivity index is 2.43. The van der Waals surface area contributed by atoms with Crippen molar-refractivity contribution >= 4 is 31.9 Å². The summed E-state index contributed by atoms with van der Waals surface area (Å²) in [6.07, 6.45) is 3.60. The number of esters is 1. The number of benzene rings is 1. The number of carbonyl (C=O) groups is 1. The van der Waals surface area contributed by atoms with Gasteiger partial charge in [-0.2, -0.15) is 4.31 Å². The second kappa shape index (κ2) is 7.10. The van der Waals surface area contributed by atoms with Crippen molar-refractivity contribution in [2.45, 2.75) is 43.5 Å². The molecule has 5 nitrogen and oxygen atoms in total. The third-order valence-corrected chi connectivity index (χ3v) is 6.63. The molecule has 7 heteroatoms. The Kier molecular flexibility index (Phi) is 5.63. The lowest BCUT2D eigenvalue weighted by atomic mass is 10.0. The van der Waals surface area contributed by atoms with E-state index in [0.29, 0.717) is 11.0 Å². The maximum absolute atomic E-state index is 12.9. The summed E-state index contributed by atoms with van der Waals surface area (Å²) < 4.78 is 32.6. The number of hydrogen-bond acceptors (Lipinski definition) is 4. The molecule has 0 saturated carbocycles. The van der Waals surface area contributed by atoms with Crippen LogP contribution in [0.15, 0.2) is 27.6 Å². The molecule has 0 N–H and O–H groups in total. The van der Waals surface area contributed by atoms with E-state index in [0.717, 1.165) is 25.7 Å². The molecule has 1 fully saturated rings. The molecular formula is C15H20BrNO4S. The van der Waals surface area contributed by atoms with Crippen LogP contribution in [-0.4, -0.2) is 38.4 Å². The minimum absolute atomic E-state index is 0.0315. The van der Waals surface area contributed by atoms with Crippen LogP contribution in [0.25, 0.3) is 0 Å². The quantitative estimate of drug-likeness (QED) is 0.741. The van der Waals surface area contributed by atoms with Gasteiger partial charge in [0, 0.05) is 17.1 Å². The first-order valence-corrected chi connectivity index (χ1v) is 9.54. The second-order valence-corrected chi connectivity index (χ2v) is 8.05. The fraction of sp³-hybridized carbons (Fsp3) is 0.533. The third kappa shape index (κ3) is 3.36. The fourth-order valence-electron chi connectivity index (χ4n) is 2.76. The third-order valence-electron chi connectivity index (χ3n) is 3.99. The van der Waals surface area contributed by atoms with Gasteiger partial charge in [0.2, 0.25) is 10.0 Å². The van der Waals surface area contributed by atoms with E-state index in [9.17, 15) is 13.2 Å². The molecule has 1 unspecified atom stereocenters. The zero-order chi connectivity index (χ0) is 16.3. The van der Waals surface area contributed by atoms with Crippen molar-refractivity contribution in [3.05, 3.63) is 28.2 Å². The molecule has 1 aromatic rings. The molecule has 122 valence electrons. The highest BCUT2D eigenvalue weighted by Crippen LogP contribution is 2.29. The molecule has 0 aliphatic carbocycles. The summed E-state index contributed by atoms with van der Waals surface area (Å²) in [6, 6.07) is 4.51. The standard InChI is InChI=1S/C15H20BrNO4S/c1-3-11-6-4-5-9-17(11)22(19,20)12-7-8-14(16)13(10-12)15(18)21-2/h7-8,10-11H,3-6,9H2,1-2H3. The van der Waals surface area contributed by atoms with Gasteiger partial charge in [-0.1, -0.05) is 13.3 Å². The van der Waals surface area contributed by atoms with Gasteiger partial charge in [-0.3, -0.25) is 0 Å². The fourth-order valence-corrected chi connectivity index (χ4v) is 4.97. The van der Waals surface area contributed by atoms with Crippen molar-refractivity contribution in [3.63, 3.8) is 0 Å². The van der Waals surface area contributed by atoms with Gasteiger partial charge in [0.05, 0.1) is 17.6 Å². The summed E-state index contributed by atoms with van der Waals surface area (Å²) in [7, 11) is -2.33. The molecule has 1 heterocycles. The maximum Gasteiger partial charge on any atom is 0.339 e. The van der Waals surface area contributed by atoms with Crippen LogP contribution in [0.1, 0.15) is 43.0 Å². The Morgan fingerprint density at radius 2 is 2.14 bits per heavy atom. The van der Waals surface area contributed by atoms with Gasteiger partial charge < -0.3 is 4.74 Å². The number of sulfonamides is 1. The topological polar surface area (TPSA) is 63.7 Å². The van der Waals surface area contributed by atoms with Gasteiger partial charge >= 0.3 is 5.97 Å². The number of ether oxygens (including phenoxy) is 1. The van der Waals surface area contributed by atoms with E-state index in [1.807, 2.05) is 6.92 Å². The molecule has 2 rings (SSSR count). The second-order valence-electron chi connectivity index (χ2n) is 5.31. The predicted molar refractivity (Wildman–Crippen MR) is 87.3 cm³/mol. The minimum Gasteiger partial charge on any atom is -0.465 e. The Hall–Kier alpha value is -0.920. The monoisotopic (exact) mass is 389 g/mol. The van der Waals surface area contributed by atoms with Crippen molar-refractivity contribution in [1.82, 2.24) is 4.31 Å². The zero-order valence-corrected chi connectivity index (χ0v) is 15.1. The highest BCUT2D eigenvalue weighted by molar-refractivity contribution is 9.10. The van der Waals surface area contributed by atoms with Crippen molar-refractivity contribution < 1.29 is 17.9 Å². The Morgan fingerprint density at radius 3 is 2.77 bits per heavy atom. The molecular weight excluding hydrogens is 370 g/mol. The summed E-state index contributed by atoms with van der Waals surface area (Å²) in [5.41, 5.74) is 0.216. The van der Waals surface area contributed by atoms with Crippen LogP contribution in [0.4, 0.5) is 0 Å². The highest BCUT2D eigenvalue weighted by atomic mass is 79.9. The number of piperidine rings is 1. The van der Waals surface area contributed by atoms with Crippen LogP contribution in [0.2, 0.25) is 0 Å². The van der Waals surface area contributed by atoms with Crippen LogP contribution >= 0.6 is 15.9 Å². The molecule has 0 bridgehead atoms. The first-order chi connectivity index (χ1) is 10.4.